The third-order valence-electron chi connectivity index (χ3n) is 4.41. The van der Waals surface area contributed by atoms with Gasteiger partial charge in [-0.3, -0.25) is 4.79 Å². The van der Waals surface area contributed by atoms with Gasteiger partial charge in [-0.1, -0.05) is 0 Å². The molecule has 1 aromatic heterocycles. The predicted octanol–water partition coefficient (Wildman–Crippen LogP) is 0.735. The average Bonchev–Trinajstić information content (AvgIpc) is 3.28. The largest absolute Gasteiger partial charge is 0.383 e. The molecule has 21 heavy (non-hydrogen) atoms. The summed E-state index contributed by atoms with van der Waals surface area (Å²) < 4.78 is 7.12. The number of fused-ring (bicyclic) bond motifs is 1. The predicted molar refractivity (Wildman–Crippen MR) is 82.5 cm³/mol. The van der Waals surface area contributed by atoms with Gasteiger partial charge in [0.25, 0.3) is 5.56 Å². The first kappa shape index (κ1) is 14.8. The molecule has 1 N–H and O–H groups in total. The van der Waals surface area contributed by atoms with E-state index in [1.807, 2.05) is 4.57 Å². The smallest absolute Gasteiger partial charge is 0.255 e. The molecule has 116 valence electrons. The molecular formula is C16H25N3O2. The van der Waals surface area contributed by atoms with Gasteiger partial charge in [-0.2, -0.15) is 0 Å². The standard InChI is InChI=1S/C16H25N3O2/c1-18-6-5-15-13(11-18)9-12(10-17-14-3-4-14)16(20)19(15)7-8-21-2/h9,14,17H,3-8,10-11H2,1-2H3. The van der Waals surface area contributed by atoms with Crippen LogP contribution in [0, 0.1) is 0 Å². The Kier molecular flexibility index (Phi) is 4.42. The van der Waals surface area contributed by atoms with Crippen molar-refractivity contribution in [3.8, 4) is 0 Å². The molecule has 0 aromatic carbocycles. The van der Waals surface area contributed by atoms with Crippen molar-refractivity contribution in [3.63, 3.8) is 0 Å². The first-order chi connectivity index (χ1) is 10.2. The summed E-state index contributed by atoms with van der Waals surface area (Å²) in [4.78, 5) is 15.0. The van der Waals surface area contributed by atoms with Gasteiger partial charge in [0.2, 0.25) is 0 Å². The van der Waals surface area contributed by atoms with Crippen LogP contribution in [0.15, 0.2) is 10.9 Å². The average molecular weight is 291 g/mol. The number of ether oxygens (including phenoxy) is 1. The zero-order valence-electron chi connectivity index (χ0n) is 13.0. The van der Waals surface area contributed by atoms with Crippen LogP contribution in [-0.2, 0) is 30.8 Å². The van der Waals surface area contributed by atoms with Crippen molar-refractivity contribution < 1.29 is 4.74 Å². The van der Waals surface area contributed by atoms with Crippen LogP contribution < -0.4 is 10.9 Å². The van der Waals surface area contributed by atoms with Gasteiger partial charge < -0.3 is 19.5 Å². The van der Waals surface area contributed by atoms with Crippen molar-refractivity contribution in [3.05, 3.63) is 33.2 Å². The lowest BCUT2D eigenvalue weighted by atomic mass is 10.0. The minimum absolute atomic E-state index is 0.156. The van der Waals surface area contributed by atoms with Gasteiger partial charge >= 0.3 is 0 Å². The molecule has 5 nitrogen and oxygen atoms in total. The second-order valence-corrected chi connectivity index (χ2v) is 6.23. The van der Waals surface area contributed by atoms with Gasteiger partial charge in [0.1, 0.15) is 0 Å². The van der Waals surface area contributed by atoms with E-state index in [2.05, 4.69) is 23.3 Å². The Bertz CT molecular complexity index is 563. The number of hydrogen-bond acceptors (Lipinski definition) is 4. The van der Waals surface area contributed by atoms with Crippen LogP contribution >= 0.6 is 0 Å². The molecule has 5 heteroatoms. The number of pyridine rings is 1. The fourth-order valence-electron chi connectivity index (χ4n) is 3.01. The Labute approximate surface area is 125 Å². The summed E-state index contributed by atoms with van der Waals surface area (Å²) in [6, 6.07) is 2.74. The Morgan fingerprint density at radius 3 is 2.95 bits per heavy atom. The second kappa shape index (κ2) is 6.30. The maximum absolute atomic E-state index is 12.7. The third-order valence-corrected chi connectivity index (χ3v) is 4.41. The van der Waals surface area contributed by atoms with E-state index < -0.39 is 0 Å². The van der Waals surface area contributed by atoms with Gasteiger partial charge in [0.05, 0.1) is 6.61 Å². The van der Waals surface area contributed by atoms with E-state index in [4.69, 9.17) is 4.74 Å². The Morgan fingerprint density at radius 1 is 1.43 bits per heavy atom. The number of likely N-dealkylation sites (N-methyl/N-ethyl adjacent to an activating group) is 1. The molecule has 0 atom stereocenters. The molecule has 0 spiro atoms. The minimum Gasteiger partial charge on any atom is -0.383 e. The third kappa shape index (κ3) is 3.36. The molecule has 0 unspecified atom stereocenters. The summed E-state index contributed by atoms with van der Waals surface area (Å²) >= 11 is 0. The van der Waals surface area contributed by atoms with Crippen molar-refractivity contribution in [1.82, 2.24) is 14.8 Å². The summed E-state index contributed by atoms with van der Waals surface area (Å²) in [6.07, 6.45) is 3.43. The summed E-state index contributed by atoms with van der Waals surface area (Å²) in [7, 11) is 3.82. The lowest BCUT2D eigenvalue weighted by Crippen LogP contribution is -2.37. The molecule has 1 fully saturated rings. The number of aromatic nitrogens is 1. The van der Waals surface area contributed by atoms with Crippen LogP contribution in [-0.4, -0.2) is 42.8 Å². The van der Waals surface area contributed by atoms with Crippen molar-refractivity contribution in [1.29, 1.82) is 0 Å². The quantitative estimate of drug-likeness (QED) is 0.839. The van der Waals surface area contributed by atoms with E-state index >= 15 is 0 Å². The SMILES string of the molecule is COCCn1c2c(cc(CNC3CC3)c1=O)CN(C)CC2. The molecule has 0 radical (unpaired) electrons. The number of nitrogens with zero attached hydrogens (tertiary/aromatic N) is 2. The summed E-state index contributed by atoms with van der Waals surface area (Å²) in [5.41, 5.74) is 3.55. The molecule has 3 rings (SSSR count). The molecule has 0 saturated heterocycles. The molecular weight excluding hydrogens is 266 g/mol. The normalized spacial score (nSPS) is 18.8. The topological polar surface area (TPSA) is 46.5 Å². The van der Waals surface area contributed by atoms with Gasteiger partial charge in [-0.15, -0.1) is 0 Å². The molecule has 1 saturated carbocycles. The van der Waals surface area contributed by atoms with E-state index in [0.29, 0.717) is 25.7 Å². The molecule has 1 aromatic rings. The van der Waals surface area contributed by atoms with Crippen molar-refractivity contribution in [2.45, 2.75) is 44.9 Å². The first-order valence-electron chi connectivity index (χ1n) is 7.84. The first-order valence-corrected chi connectivity index (χ1v) is 7.84. The maximum Gasteiger partial charge on any atom is 0.255 e. The van der Waals surface area contributed by atoms with E-state index in [0.717, 1.165) is 25.1 Å². The molecule has 2 heterocycles. The van der Waals surface area contributed by atoms with Gasteiger partial charge in [-0.05, 0) is 31.5 Å². The molecule has 0 amide bonds. The second-order valence-electron chi connectivity index (χ2n) is 6.23. The Balaban J connectivity index is 1.92. The molecule has 1 aliphatic carbocycles. The molecule has 0 bridgehead atoms. The Morgan fingerprint density at radius 2 is 2.24 bits per heavy atom. The number of methoxy groups -OCH3 is 1. The zero-order chi connectivity index (χ0) is 14.8. The number of hydrogen-bond donors (Lipinski definition) is 1. The summed E-state index contributed by atoms with van der Waals surface area (Å²) in [5, 5.41) is 3.46. The zero-order valence-corrected chi connectivity index (χ0v) is 13.0. The highest BCUT2D eigenvalue weighted by Gasteiger charge is 2.23. The monoisotopic (exact) mass is 291 g/mol. The van der Waals surface area contributed by atoms with Crippen LogP contribution in [0.5, 0.6) is 0 Å². The van der Waals surface area contributed by atoms with E-state index in [1.165, 1.54) is 24.1 Å². The number of rotatable bonds is 6. The highest BCUT2D eigenvalue weighted by Crippen LogP contribution is 2.20. The van der Waals surface area contributed by atoms with Gasteiger partial charge in [0.15, 0.2) is 0 Å². The van der Waals surface area contributed by atoms with Crippen molar-refractivity contribution in [2.24, 2.45) is 0 Å². The Hall–Kier alpha value is -1.17. The van der Waals surface area contributed by atoms with E-state index in [-0.39, 0.29) is 5.56 Å². The summed E-state index contributed by atoms with van der Waals surface area (Å²) in [6.45, 7) is 3.87. The van der Waals surface area contributed by atoms with Crippen molar-refractivity contribution in [2.75, 3.05) is 27.3 Å². The highest BCUT2D eigenvalue weighted by molar-refractivity contribution is 5.29. The van der Waals surface area contributed by atoms with E-state index in [1.54, 1.807) is 7.11 Å². The lowest BCUT2D eigenvalue weighted by Gasteiger charge is -2.28. The fourth-order valence-corrected chi connectivity index (χ4v) is 3.01. The molecule has 1 aliphatic heterocycles. The van der Waals surface area contributed by atoms with Gasteiger partial charge in [-0.25, -0.2) is 0 Å². The maximum atomic E-state index is 12.7. The van der Waals surface area contributed by atoms with Gasteiger partial charge in [0, 0.05) is 57.0 Å². The van der Waals surface area contributed by atoms with Crippen molar-refractivity contribution >= 4 is 0 Å². The molecule has 2 aliphatic rings. The van der Waals surface area contributed by atoms with Crippen LogP contribution in [0.3, 0.4) is 0 Å². The van der Waals surface area contributed by atoms with Crippen LogP contribution in [0.2, 0.25) is 0 Å². The fraction of sp³-hybridized carbons (Fsp3) is 0.688. The number of nitrogens with one attached hydrogen (secondary N) is 1. The highest BCUT2D eigenvalue weighted by atomic mass is 16.5. The van der Waals surface area contributed by atoms with Crippen LogP contribution in [0.4, 0.5) is 0 Å². The van der Waals surface area contributed by atoms with Crippen LogP contribution in [0.25, 0.3) is 0 Å². The lowest BCUT2D eigenvalue weighted by molar-refractivity contribution is 0.183. The summed E-state index contributed by atoms with van der Waals surface area (Å²) in [5.74, 6) is 0. The van der Waals surface area contributed by atoms with Crippen LogP contribution in [0.1, 0.15) is 29.7 Å². The minimum atomic E-state index is 0.156. The van der Waals surface area contributed by atoms with E-state index in [9.17, 15) is 4.79 Å².